The van der Waals surface area contributed by atoms with Crippen molar-refractivity contribution in [1.82, 2.24) is 0 Å². The van der Waals surface area contributed by atoms with E-state index in [9.17, 15) is 4.79 Å². The van der Waals surface area contributed by atoms with E-state index >= 15 is 0 Å². The summed E-state index contributed by atoms with van der Waals surface area (Å²) < 4.78 is 0. The molecule has 3 nitrogen and oxygen atoms in total. The molecule has 0 heterocycles. The summed E-state index contributed by atoms with van der Waals surface area (Å²) in [5.41, 5.74) is 8.81. The zero-order valence-corrected chi connectivity index (χ0v) is 14.8. The highest BCUT2D eigenvalue weighted by molar-refractivity contribution is 5.85. The van der Waals surface area contributed by atoms with Crippen LogP contribution in [0.1, 0.15) is 57.9 Å². The fourth-order valence-electron chi connectivity index (χ4n) is 6.27. The molecule has 24 heavy (non-hydrogen) atoms. The van der Waals surface area contributed by atoms with Crippen molar-refractivity contribution in [2.75, 3.05) is 0 Å². The molecule has 1 aromatic carbocycles. The third-order valence-corrected chi connectivity index (χ3v) is 5.89. The van der Waals surface area contributed by atoms with Crippen LogP contribution in [-0.2, 0) is 4.79 Å². The van der Waals surface area contributed by atoms with E-state index in [-0.39, 0.29) is 5.54 Å². The minimum atomic E-state index is -0.922. The Labute approximate surface area is 144 Å². The van der Waals surface area contributed by atoms with Gasteiger partial charge in [-0.05, 0) is 66.9 Å². The highest BCUT2D eigenvalue weighted by Crippen LogP contribution is 2.65. The minimum absolute atomic E-state index is 0.225. The van der Waals surface area contributed by atoms with Crippen molar-refractivity contribution in [3.8, 4) is 0 Å². The van der Waals surface area contributed by atoms with Gasteiger partial charge in [-0.1, -0.05) is 44.2 Å². The Balaban J connectivity index is 0.000000144. The van der Waals surface area contributed by atoms with E-state index in [0.29, 0.717) is 10.8 Å². The van der Waals surface area contributed by atoms with E-state index in [2.05, 4.69) is 13.8 Å². The number of carboxylic acids is 1. The molecule has 0 saturated heterocycles. The fourth-order valence-corrected chi connectivity index (χ4v) is 6.27. The first kappa shape index (κ1) is 17.2. The van der Waals surface area contributed by atoms with Crippen LogP contribution in [0.15, 0.2) is 36.4 Å². The summed E-state index contributed by atoms with van der Waals surface area (Å²) in [4.78, 5) is 10.1. The molecule has 4 aliphatic carbocycles. The molecular formula is C21H29NO2. The van der Waals surface area contributed by atoms with E-state index in [4.69, 9.17) is 10.8 Å². The van der Waals surface area contributed by atoms with Crippen LogP contribution >= 0.6 is 0 Å². The Kier molecular flexibility index (Phi) is 4.33. The minimum Gasteiger partial charge on any atom is -0.478 e. The van der Waals surface area contributed by atoms with E-state index in [1.807, 2.05) is 30.3 Å². The van der Waals surface area contributed by atoms with Crippen LogP contribution in [0, 0.1) is 16.7 Å². The zero-order valence-electron chi connectivity index (χ0n) is 14.8. The second-order valence-electron chi connectivity index (χ2n) is 9.07. The predicted octanol–water partition coefficient (Wildman–Crippen LogP) is 4.48. The van der Waals surface area contributed by atoms with Gasteiger partial charge in [0, 0.05) is 11.6 Å². The lowest BCUT2D eigenvalue weighted by molar-refractivity contribution is -0.131. The standard InChI is InChI=1S/C12H21N.C9H8O2/c1-10-3-9-4-11(2,6-10)8-12(13,5-9)7-10;10-9(11)7-6-8-4-2-1-3-5-8/h9H,3-8,13H2,1-2H3;1-7H,(H,10,11)/b;7-6+. The topological polar surface area (TPSA) is 63.3 Å². The van der Waals surface area contributed by atoms with Gasteiger partial charge in [-0.3, -0.25) is 0 Å². The lowest BCUT2D eigenvalue weighted by atomic mass is 9.43. The average molecular weight is 327 g/mol. The van der Waals surface area contributed by atoms with Gasteiger partial charge in [0.15, 0.2) is 0 Å². The predicted molar refractivity (Wildman–Crippen MR) is 97.4 cm³/mol. The Bertz CT molecular complexity index is 586. The Hall–Kier alpha value is -1.61. The molecule has 130 valence electrons. The molecule has 3 heteroatoms. The molecule has 0 aliphatic heterocycles. The first-order chi connectivity index (χ1) is 11.2. The van der Waals surface area contributed by atoms with Crippen molar-refractivity contribution in [2.24, 2.45) is 22.5 Å². The number of aliphatic carboxylic acids is 1. The number of carbonyl (C=O) groups is 1. The van der Waals surface area contributed by atoms with Gasteiger partial charge in [-0.2, -0.15) is 0 Å². The Morgan fingerprint density at radius 3 is 2.12 bits per heavy atom. The molecule has 0 radical (unpaired) electrons. The molecule has 4 fully saturated rings. The van der Waals surface area contributed by atoms with Crippen LogP contribution in [0.3, 0.4) is 0 Å². The van der Waals surface area contributed by atoms with Crippen molar-refractivity contribution < 1.29 is 9.90 Å². The van der Waals surface area contributed by atoms with Crippen molar-refractivity contribution in [1.29, 1.82) is 0 Å². The number of nitrogens with two attached hydrogens (primary N) is 1. The Morgan fingerprint density at radius 1 is 1.08 bits per heavy atom. The number of rotatable bonds is 2. The zero-order chi connectivity index (χ0) is 17.4. The maximum atomic E-state index is 10.1. The molecule has 2 atom stereocenters. The molecule has 4 saturated carbocycles. The van der Waals surface area contributed by atoms with Gasteiger partial charge in [0.2, 0.25) is 0 Å². The van der Waals surface area contributed by atoms with Gasteiger partial charge in [-0.25, -0.2) is 4.79 Å². The van der Waals surface area contributed by atoms with Crippen LogP contribution in [0.5, 0.6) is 0 Å². The van der Waals surface area contributed by atoms with E-state index in [0.717, 1.165) is 17.6 Å². The second-order valence-corrected chi connectivity index (χ2v) is 9.07. The highest BCUT2D eigenvalue weighted by atomic mass is 16.4. The monoisotopic (exact) mass is 327 g/mol. The molecule has 4 aliphatic rings. The van der Waals surface area contributed by atoms with Crippen LogP contribution < -0.4 is 5.73 Å². The maximum Gasteiger partial charge on any atom is 0.328 e. The molecule has 3 N–H and O–H groups in total. The summed E-state index contributed by atoms with van der Waals surface area (Å²) in [6.45, 7) is 4.94. The molecule has 0 spiro atoms. The summed E-state index contributed by atoms with van der Waals surface area (Å²) in [7, 11) is 0. The van der Waals surface area contributed by atoms with Crippen molar-refractivity contribution in [3.05, 3.63) is 42.0 Å². The SMILES string of the molecule is CC12CC3CC(C)(C1)CC(N)(C3)C2.O=C(O)/C=C/c1ccccc1. The second kappa shape index (κ2) is 6.03. The Morgan fingerprint density at radius 2 is 1.67 bits per heavy atom. The molecule has 1 aromatic rings. The normalized spacial score (nSPS) is 39.5. The lowest BCUT2D eigenvalue weighted by Gasteiger charge is -2.64. The van der Waals surface area contributed by atoms with Gasteiger partial charge in [0.25, 0.3) is 0 Å². The van der Waals surface area contributed by atoms with Gasteiger partial charge >= 0.3 is 5.97 Å². The fraction of sp³-hybridized carbons (Fsp3) is 0.571. The quantitative estimate of drug-likeness (QED) is 0.787. The van der Waals surface area contributed by atoms with Gasteiger partial charge in [-0.15, -0.1) is 0 Å². The molecule has 0 aromatic heterocycles. The van der Waals surface area contributed by atoms with Gasteiger partial charge < -0.3 is 10.8 Å². The van der Waals surface area contributed by atoms with Crippen molar-refractivity contribution >= 4 is 12.0 Å². The molecule has 2 unspecified atom stereocenters. The van der Waals surface area contributed by atoms with E-state index in [1.54, 1.807) is 6.08 Å². The molecular weight excluding hydrogens is 298 g/mol. The van der Waals surface area contributed by atoms with Crippen molar-refractivity contribution in [2.45, 2.75) is 57.9 Å². The first-order valence-corrected chi connectivity index (χ1v) is 8.94. The summed E-state index contributed by atoms with van der Waals surface area (Å²) in [6.07, 6.45) is 11.0. The molecule has 4 bridgehead atoms. The van der Waals surface area contributed by atoms with E-state index in [1.165, 1.54) is 38.5 Å². The molecule has 0 amide bonds. The summed E-state index contributed by atoms with van der Waals surface area (Å²) >= 11 is 0. The van der Waals surface area contributed by atoms with Gasteiger partial charge in [0.1, 0.15) is 0 Å². The maximum absolute atomic E-state index is 10.1. The number of hydrogen-bond acceptors (Lipinski definition) is 2. The van der Waals surface area contributed by atoms with Crippen LogP contribution in [0.2, 0.25) is 0 Å². The van der Waals surface area contributed by atoms with Crippen LogP contribution in [-0.4, -0.2) is 16.6 Å². The molecule has 5 rings (SSSR count). The number of hydrogen-bond donors (Lipinski definition) is 2. The number of carboxylic acid groups (broad SMARTS) is 1. The first-order valence-electron chi connectivity index (χ1n) is 8.94. The average Bonchev–Trinajstić information content (AvgIpc) is 2.42. The third-order valence-electron chi connectivity index (χ3n) is 5.89. The van der Waals surface area contributed by atoms with Crippen LogP contribution in [0.25, 0.3) is 6.08 Å². The summed E-state index contributed by atoms with van der Waals surface area (Å²) in [5, 5.41) is 8.29. The summed E-state index contributed by atoms with van der Waals surface area (Å²) in [6, 6.07) is 9.31. The van der Waals surface area contributed by atoms with Crippen LogP contribution in [0.4, 0.5) is 0 Å². The van der Waals surface area contributed by atoms with Crippen molar-refractivity contribution in [3.63, 3.8) is 0 Å². The third kappa shape index (κ3) is 3.89. The van der Waals surface area contributed by atoms with Gasteiger partial charge in [0.05, 0.1) is 0 Å². The lowest BCUT2D eigenvalue weighted by Crippen LogP contribution is -2.62. The highest BCUT2D eigenvalue weighted by Gasteiger charge is 2.58. The van der Waals surface area contributed by atoms with E-state index < -0.39 is 5.97 Å². The smallest absolute Gasteiger partial charge is 0.328 e. The largest absolute Gasteiger partial charge is 0.478 e. The number of benzene rings is 1. The summed E-state index contributed by atoms with van der Waals surface area (Å²) in [5.74, 6) is 0.0325.